The summed E-state index contributed by atoms with van der Waals surface area (Å²) < 4.78 is 0. The number of carbonyl (C=O) groups excluding carboxylic acids is 1. The van der Waals surface area contributed by atoms with E-state index in [0.717, 1.165) is 25.7 Å². The van der Waals surface area contributed by atoms with Gasteiger partial charge in [-0.3, -0.25) is 9.59 Å². The standard InChI is InChI=1S/C13H23NO3/c1-12(2,11(16)17)13(3,4)14-10(15)9-7-5-6-8-9/h9H,5-8H2,1-4H3,(H,14,15)(H,16,17). The molecular formula is C13H23NO3. The number of hydrogen-bond donors (Lipinski definition) is 2. The minimum atomic E-state index is -0.985. The van der Waals surface area contributed by atoms with Gasteiger partial charge in [-0.2, -0.15) is 0 Å². The van der Waals surface area contributed by atoms with Gasteiger partial charge in [0.25, 0.3) is 0 Å². The van der Waals surface area contributed by atoms with Gasteiger partial charge in [0.1, 0.15) is 0 Å². The highest BCUT2D eigenvalue weighted by Crippen LogP contribution is 2.32. The van der Waals surface area contributed by atoms with E-state index in [-0.39, 0.29) is 11.8 Å². The molecule has 0 saturated heterocycles. The van der Waals surface area contributed by atoms with E-state index in [1.807, 2.05) is 0 Å². The van der Waals surface area contributed by atoms with Gasteiger partial charge in [-0.1, -0.05) is 12.8 Å². The SMILES string of the molecule is CC(C)(NC(=O)C1CCCC1)C(C)(C)C(=O)O. The van der Waals surface area contributed by atoms with E-state index in [0.29, 0.717) is 0 Å². The van der Waals surface area contributed by atoms with Gasteiger partial charge in [-0.15, -0.1) is 0 Å². The maximum Gasteiger partial charge on any atom is 0.311 e. The Morgan fingerprint density at radius 3 is 2.00 bits per heavy atom. The molecule has 0 aromatic rings. The molecule has 0 aliphatic heterocycles. The average molecular weight is 241 g/mol. The number of nitrogens with one attached hydrogen (secondary N) is 1. The normalized spacial score (nSPS) is 18.1. The molecule has 17 heavy (non-hydrogen) atoms. The number of hydrogen-bond acceptors (Lipinski definition) is 2. The zero-order valence-corrected chi connectivity index (χ0v) is 11.2. The summed E-state index contributed by atoms with van der Waals surface area (Å²) in [5.41, 5.74) is -1.74. The van der Waals surface area contributed by atoms with Crippen molar-refractivity contribution in [1.29, 1.82) is 0 Å². The molecule has 1 rings (SSSR count). The van der Waals surface area contributed by atoms with Crippen molar-refractivity contribution in [2.75, 3.05) is 0 Å². The van der Waals surface area contributed by atoms with E-state index in [1.165, 1.54) is 0 Å². The van der Waals surface area contributed by atoms with Crippen LogP contribution in [0.25, 0.3) is 0 Å². The third-order valence-electron chi connectivity index (χ3n) is 4.26. The predicted octanol–water partition coefficient (Wildman–Crippen LogP) is 2.18. The minimum Gasteiger partial charge on any atom is -0.481 e. The van der Waals surface area contributed by atoms with Crippen molar-refractivity contribution in [3.8, 4) is 0 Å². The number of rotatable bonds is 4. The van der Waals surface area contributed by atoms with E-state index in [1.54, 1.807) is 27.7 Å². The molecule has 0 bridgehead atoms. The summed E-state index contributed by atoms with van der Waals surface area (Å²) >= 11 is 0. The predicted molar refractivity (Wildman–Crippen MR) is 65.6 cm³/mol. The second kappa shape index (κ2) is 4.67. The Hall–Kier alpha value is -1.06. The minimum absolute atomic E-state index is 0.00169. The molecule has 0 unspecified atom stereocenters. The summed E-state index contributed by atoms with van der Waals surface area (Å²) in [6.45, 7) is 6.83. The summed E-state index contributed by atoms with van der Waals surface area (Å²) in [7, 11) is 0. The first-order valence-electron chi connectivity index (χ1n) is 6.24. The second-order valence-corrected chi connectivity index (χ2v) is 6.03. The first-order chi connectivity index (χ1) is 7.68. The Balaban J connectivity index is 2.71. The molecule has 2 N–H and O–H groups in total. The quantitative estimate of drug-likeness (QED) is 0.792. The largest absolute Gasteiger partial charge is 0.481 e. The van der Waals surface area contributed by atoms with Crippen LogP contribution < -0.4 is 5.32 Å². The third kappa shape index (κ3) is 2.79. The highest BCUT2D eigenvalue weighted by atomic mass is 16.4. The molecule has 0 spiro atoms. The Bertz CT molecular complexity index is 315. The summed E-state index contributed by atoms with van der Waals surface area (Å²) in [5, 5.41) is 12.1. The highest BCUT2D eigenvalue weighted by molar-refractivity contribution is 5.82. The Labute approximate surface area is 103 Å². The number of carboxylic acid groups (broad SMARTS) is 1. The highest BCUT2D eigenvalue weighted by Gasteiger charge is 2.45. The summed E-state index contributed by atoms with van der Waals surface area (Å²) in [5.74, 6) is -0.824. The fourth-order valence-electron chi connectivity index (χ4n) is 2.02. The van der Waals surface area contributed by atoms with Gasteiger partial charge in [0.05, 0.1) is 5.41 Å². The van der Waals surface area contributed by atoms with Gasteiger partial charge in [0.2, 0.25) is 5.91 Å². The van der Waals surface area contributed by atoms with Crippen LogP contribution in [-0.2, 0) is 9.59 Å². The smallest absolute Gasteiger partial charge is 0.311 e. The number of aliphatic carboxylic acids is 1. The maximum absolute atomic E-state index is 12.0. The van der Waals surface area contributed by atoms with E-state index in [4.69, 9.17) is 0 Å². The lowest BCUT2D eigenvalue weighted by atomic mass is 9.74. The van der Waals surface area contributed by atoms with Crippen molar-refractivity contribution in [3.63, 3.8) is 0 Å². The number of carbonyl (C=O) groups is 2. The Kier molecular flexibility index (Phi) is 3.84. The zero-order valence-electron chi connectivity index (χ0n) is 11.2. The van der Waals surface area contributed by atoms with Crippen LogP contribution in [0.1, 0.15) is 53.4 Å². The number of carboxylic acids is 1. The van der Waals surface area contributed by atoms with Gasteiger partial charge >= 0.3 is 5.97 Å². The van der Waals surface area contributed by atoms with Crippen LogP contribution in [0, 0.1) is 11.3 Å². The first kappa shape index (κ1) is 14.0. The molecule has 4 heteroatoms. The third-order valence-corrected chi connectivity index (χ3v) is 4.26. The molecule has 98 valence electrons. The van der Waals surface area contributed by atoms with Crippen molar-refractivity contribution >= 4 is 11.9 Å². The second-order valence-electron chi connectivity index (χ2n) is 6.03. The molecule has 4 nitrogen and oxygen atoms in total. The lowest BCUT2D eigenvalue weighted by Gasteiger charge is -2.39. The summed E-state index contributed by atoms with van der Waals surface area (Å²) in [6.07, 6.45) is 4.05. The lowest BCUT2D eigenvalue weighted by molar-refractivity contribution is -0.152. The van der Waals surface area contributed by atoms with E-state index >= 15 is 0 Å². The molecule has 1 fully saturated rings. The summed E-state index contributed by atoms with van der Waals surface area (Å²) in [4.78, 5) is 23.2. The molecule has 1 amide bonds. The van der Waals surface area contributed by atoms with Gasteiger partial charge in [0.15, 0.2) is 0 Å². The van der Waals surface area contributed by atoms with Crippen molar-refractivity contribution in [2.24, 2.45) is 11.3 Å². The monoisotopic (exact) mass is 241 g/mol. The molecule has 0 radical (unpaired) electrons. The maximum atomic E-state index is 12.0. The van der Waals surface area contributed by atoms with Gasteiger partial charge < -0.3 is 10.4 Å². The topological polar surface area (TPSA) is 66.4 Å². The molecule has 0 heterocycles. The number of amides is 1. The fourth-order valence-corrected chi connectivity index (χ4v) is 2.02. The van der Waals surface area contributed by atoms with Gasteiger partial charge in [-0.05, 0) is 40.5 Å². The van der Waals surface area contributed by atoms with Crippen LogP contribution in [0.5, 0.6) is 0 Å². The molecule has 1 aliphatic carbocycles. The van der Waals surface area contributed by atoms with Gasteiger partial charge in [0, 0.05) is 11.5 Å². The fraction of sp³-hybridized carbons (Fsp3) is 0.846. The van der Waals surface area contributed by atoms with Gasteiger partial charge in [-0.25, -0.2) is 0 Å². The van der Waals surface area contributed by atoms with Crippen LogP contribution in [0.15, 0.2) is 0 Å². The van der Waals surface area contributed by atoms with Crippen LogP contribution in [-0.4, -0.2) is 22.5 Å². The molecular weight excluding hydrogens is 218 g/mol. The van der Waals surface area contributed by atoms with Crippen LogP contribution >= 0.6 is 0 Å². The Morgan fingerprint density at radius 1 is 1.12 bits per heavy atom. The molecule has 1 saturated carbocycles. The van der Waals surface area contributed by atoms with Crippen molar-refractivity contribution in [1.82, 2.24) is 5.32 Å². The van der Waals surface area contributed by atoms with Crippen LogP contribution in [0.4, 0.5) is 0 Å². The molecule has 0 aromatic carbocycles. The van der Waals surface area contributed by atoms with E-state index < -0.39 is 16.9 Å². The Morgan fingerprint density at radius 2 is 1.59 bits per heavy atom. The zero-order chi connectivity index (χ0) is 13.3. The van der Waals surface area contributed by atoms with E-state index in [2.05, 4.69) is 5.32 Å². The first-order valence-corrected chi connectivity index (χ1v) is 6.24. The van der Waals surface area contributed by atoms with Crippen molar-refractivity contribution < 1.29 is 14.7 Å². The summed E-state index contributed by atoms with van der Waals surface area (Å²) in [6, 6.07) is 0. The average Bonchev–Trinajstić information content (AvgIpc) is 2.68. The van der Waals surface area contributed by atoms with E-state index in [9.17, 15) is 14.7 Å². The molecule has 0 atom stereocenters. The molecule has 0 aromatic heterocycles. The van der Waals surface area contributed by atoms with Crippen molar-refractivity contribution in [2.45, 2.75) is 58.9 Å². The van der Waals surface area contributed by atoms with Crippen molar-refractivity contribution in [3.05, 3.63) is 0 Å². The lowest BCUT2D eigenvalue weighted by Crippen LogP contribution is -2.57. The van der Waals surface area contributed by atoms with Crippen LogP contribution in [0.2, 0.25) is 0 Å². The van der Waals surface area contributed by atoms with Crippen LogP contribution in [0.3, 0.4) is 0 Å². The molecule has 1 aliphatic rings.